The molecule has 182 valence electrons. The summed E-state index contributed by atoms with van der Waals surface area (Å²) in [5.74, 6) is 0.584. The molecule has 1 N–H and O–H groups in total. The minimum Gasteiger partial charge on any atom is -0.489 e. The maximum absolute atomic E-state index is 13.5. The van der Waals surface area contributed by atoms with Crippen molar-refractivity contribution in [3.8, 4) is 11.8 Å². The second-order valence-corrected chi connectivity index (χ2v) is 9.03. The lowest BCUT2D eigenvalue weighted by Crippen LogP contribution is -2.28. The molecule has 37 heavy (non-hydrogen) atoms. The van der Waals surface area contributed by atoms with Crippen LogP contribution in [0, 0.1) is 11.3 Å². The number of hydrogen-bond donors (Lipinski definition) is 1. The highest BCUT2D eigenvalue weighted by molar-refractivity contribution is 5.99. The molecule has 0 saturated heterocycles. The SMILES string of the molecule is C[C@H](NC(=O)c1cc2cc(OCc3ccccc3)ccc2n1Cc1cccc(C#N)c1)c1ccccc1. The molecule has 5 nitrogen and oxygen atoms in total. The van der Waals surface area contributed by atoms with Gasteiger partial charge in [-0.25, -0.2) is 0 Å². The Balaban J connectivity index is 1.47. The average molecular weight is 486 g/mol. The predicted molar refractivity (Wildman–Crippen MR) is 145 cm³/mol. The number of nitriles is 1. The normalized spacial score (nSPS) is 11.6. The summed E-state index contributed by atoms with van der Waals surface area (Å²) in [4.78, 5) is 13.5. The largest absolute Gasteiger partial charge is 0.489 e. The molecule has 0 aliphatic rings. The van der Waals surface area contributed by atoms with Crippen molar-refractivity contribution in [2.45, 2.75) is 26.1 Å². The van der Waals surface area contributed by atoms with Gasteiger partial charge in [0.1, 0.15) is 18.1 Å². The number of fused-ring (bicyclic) bond motifs is 1. The van der Waals surface area contributed by atoms with Crippen LogP contribution in [-0.4, -0.2) is 10.5 Å². The molecule has 0 fully saturated rings. The number of carbonyl (C=O) groups excluding carboxylic acids is 1. The molecular weight excluding hydrogens is 458 g/mol. The van der Waals surface area contributed by atoms with Gasteiger partial charge in [0.25, 0.3) is 5.91 Å². The van der Waals surface area contributed by atoms with Crippen LogP contribution in [0.25, 0.3) is 10.9 Å². The summed E-state index contributed by atoms with van der Waals surface area (Å²) in [6.45, 7) is 2.91. The first-order chi connectivity index (χ1) is 18.1. The van der Waals surface area contributed by atoms with Crippen molar-refractivity contribution >= 4 is 16.8 Å². The second kappa shape index (κ2) is 10.8. The van der Waals surface area contributed by atoms with Gasteiger partial charge in [-0.3, -0.25) is 4.79 Å². The van der Waals surface area contributed by atoms with Gasteiger partial charge in [-0.1, -0.05) is 72.8 Å². The molecule has 0 aliphatic carbocycles. The summed E-state index contributed by atoms with van der Waals surface area (Å²) in [5, 5.41) is 13.4. The van der Waals surface area contributed by atoms with E-state index in [2.05, 4.69) is 11.4 Å². The number of rotatable bonds is 8. The maximum Gasteiger partial charge on any atom is 0.268 e. The number of hydrogen-bond acceptors (Lipinski definition) is 3. The highest BCUT2D eigenvalue weighted by atomic mass is 16.5. The zero-order valence-electron chi connectivity index (χ0n) is 20.6. The fourth-order valence-electron chi connectivity index (χ4n) is 4.46. The Morgan fingerprint density at radius 3 is 2.38 bits per heavy atom. The molecule has 4 aromatic carbocycles. The van der Waals surface area contributed by atoms with Crippen LogP contribution in [0.2, 0.25) is 0 Å². The third-order valence-corrected chi connectivity index (χ3v) is 6.40. The monoisotopic (exact) mass is 485 g/mol. The minimum atomic E-state index is -0.157. The van der Waals surface area contributed by atoms with Crippen molar-refractivity contribution in [2.24, 2.45) is 0 Å². The zero-order chi connectivity index (χ0) is 25.6. The fourth-order valence-corrected chi connectivity index (χ4v) is 4.46. The van der Waals surface area contributed by atoms with Crippen molar-refractivity contribution in [2.75, 3.05) is 0 Å². The number of aromatic nitrogens is 1. The van der Waals surface area contributed by atoms with E-state index >= 15 is 0 Å². The lowest BCUT2D eigenvalue weighted by molar-refractivity contribution is 0.0931. The van der Waals surface area contributed by atoms with Crippen LogP contribution >= 0.6 is 0 Å². The molecular formula is C32H27N3O2. The van der Waals surface area contributed by atoms with Crippen molar-refractivity contribution in [1.82, 2.24) is 9.88 Å². The summed E-state index contributed by atoms with van der Waals surface area (Å²) in [6, 6.07) is 37.2. The molecule has 1 atom stereocenters. The van der Waals surface area contributed by atoms with Crippen LogP contribution in [0.1, 0.15) is 45.7 Å². The first kappa shape index (κ1) is 23.9. The number of nitrogens with one attached hydrogen (secondary N) is 1. The van der Waals surface area contributed by atoms with E-state index in [1.54, 1.807) is 6.07 Å². The predicted octanol–water partition coefficient (Wildman–Crippen LogP) is 6.63. The average Bonchev–Trinajstić information content (AvgIpc) is 3.30. The Labute approximate surface area is 216 Å². The Bertz CT molecular complexity index is 1570. The molecule has 0 spiro atoms. The molecule has 0 saturated carbocycles. The summed E-state index contributed by atoms with van der Waals surface area (Å²) in [7, 11) is 0. The maximum atomic E-state index is 13.5. The Morgan fingerprint density at radius 1 is 0.892 bits per heavy atom. The van der Waals surface area contributed by atoms with Crippen LogP contribution in [0.5, 0.6) is 5.75 Å². The van der Waals surface area contributed by atoms with Crippen molar-refractivity contribution in [3.63, 3.8) is 0 Å². The number of amides is 1. The van der Waals surface area contributed by atoms with Gasteiger partial charge in [-0.15, -0.1) is 0 Å². The van der Waals surface area contributed by atoms with Crippen LogP contribution < -0.4 is 10.1 Å². The summed E-state index contributed by atoms with van der Waals surface area (Å²) >= 11 is 0. The summed E-state index contributed by atoms with van der Waals surface area (Å²) in [6.07, 6.45) is 0. The van der Waals surface area contributed by atoms with Crippen LogP contribution in [-0.2, 0) is 13.2 Å². The topological polar surface area (TPSA) is 67.0 Å². The van der Waals surface area contributed by atoms with Crippen LogP contribution in [0.15, 0.2) is 109 Å². The Hall–Kier alpha value is -4.82. The molecule has 1 heterocycles. The Kier molecular flexibility index (Phi) is 7.00. The zero-order valence-corrected chi connectivity index (χ0v) is 20.6. The number of ether oxygens (including phenoxy) is 1. The molecule has 5 rings (SSSR count). The second-order valence-electron chi connectivity index (χ2n) is 9.03. The van der Waals surface area contributed by atoms with E-state index in [1.807, 2.05) is 115 Å². The van der Waals surface area contributed by atoms with Gasteiger partial charge in [-0.05, 0) is 60.0 Å². The highest BCUT2D eigenvalue weighted by Crippen LogP contribution is 2.27. The molecule has 0 aliphatic heterocycles. The van der Waals surface area contributed by atoms with Gasteiger partial charge in [-0.2, -0.15) is 5.26 Å². The number of carbonyl (C=O) groups is 1. The van der Waals surface area contributed by atoms with E-state index in [1.165, 1.54) is 0 Å². The fraction of sp³-hybridized carbons (Fsp3) is 0.125. The van der Waals surface area contributed by atoms with Gasteiger partial charge >= 0.3 is 0 Å². The smallest absolute Gasteiger partial charge is 0.268 e. The van der Waals surface area contributed by atoms with E-state index in [0.29, 0.717) is 24.4 Å². The van der Waals surface area contributed by atoms with E-state index in [0.717, 1.165) is 33.3 Å². The van der Waals surface area contributed by atoms with Crippen LogP contribution in [0.3, 0.4) is 0 Å². The van der Waals surface area contributed by atoms with E-state index in [9.17, 15) is 10.1 Å². The van der Waals surface area contributed by atoms with Crippen molar-refractivity contribution < 1.29 is 9.53 Å². The summed E-state index contributed by atoms with van der Waals surface area (Å²) in [5.41, 5.74) is 5.15. The van der Waals surface area contributed by atoms with E-state index < -0.39 is 0 Å². The molecule has 5 heteroatoms. The molecule has 0 radical (unpaired) electrons. The standard InChI is InChI=1S/C32H27N3O2/c1-23(27-13-6-3-7-14-27)34-32(36)31-19-28-18-29(37-22-24-9-4-2-5-10-24)15-16-30(28)35(31)21-26-12-8-11-25(17-26)20-33/h2-19,23H,21-22H2,1H3,(H,34,36)/t23-/m0/s1. The van der Waals surface area contributed by atoms with E-state index in [4.69, 9.17) is 4.74 Å². The third-order valence-electron chi connectivity index (χ3n) is 6.40. The number of benzene rings is 4. The molecule has 0 bridgehead atoms. The molecule has 5 aromatic rings. The van der Waals surface area contributed by atoms with Crippen molar-refractivity contribution in [3.05, 3.63) is 137 Å². The molecule has 0 unspecified atom stereocenters. The number of nitrogens with zero attached hydrogens (tertiary/aromatic N) is 2. The van der Waals surface area contributed by atoms with Crippen LogP contribution in [0.4, 0.5) is 0 Å². The summed E-state index contributed by atoms with van der Waals surface area (Å²) < 4.78 is 8.03. The molecule has 1 aromatic heterocycles. The quantitative estimate of drug-likeness (QED) is 0.268. The van der Waals surface area contributed by atoms with Gasteiger partial charge in [0.05, 0.1) is 17.7 Å². The lowest BCUT2D eigenvalue weighted by atomic mass is 10.1. The Morgan fingerprint density at radius 2 is 1.62 bits per heavy atom. The molecule has 1 amide bonds. The first-order valence-corrected chi connectivity index (χ1v) is 12.3. The van der Waals surface area contributed by atoms with E-state index in [-0.39, 0.29) is 11.9 Å². The third kappa shape index (κ3) is 5.55. The van der Waals surface area contributed by atoms with Gasteiger partial charge in [0.2, 0.25) is 0 Å². The highest BCUT2D eigenvalue weighted by Gasteiger charge is 2.19. The van der Waals surface area contributed by atoms with Gasteiger partial charge < -0.3 is 14.6 Å². The first-order valence-electron chi connectivity index (χ1n) is 12.3. The van der Waals surface area contributed by atoms with Gasteiger partial charge in [0, 0.05) is 17.4 Å². The van der Waals surface area contributed by atoms with Crippen molar-refractivity contribution in [1.29, 1.82) is 5.26 Å². The van der Waals surface area contributed by atoms with Gasteiger partial charge in [0.15, 0.2) is 0 Å². The lowest BCUT2D eigenvalue weighted by Gasteiger charge is -2.16. The minimum absolute atomic E-state index is 0.146.